The first kappa shape index (κ1) is 20.5. The normalized spacial score (nSPS) is 14.4. The maximum absolute atomic E-state index is 12.4. The molecule has 1 amide bonds. The van der Waals surface area contributed by atoms with E-state index in [2.05, 4.69) is 11.1 Å². The Morgan fingerprint density at radius 3 is 2.67 bits per heavy atom. The molecule has 1 unspecified atom stereocenters. The Balaban J connectivity index is 1.67. The summed E-state index contributed by atoms with van der Waals surface area (Å²) >= 11 is 0. The van der Waals surface area contributed by atoms with Crippen molar-refractivity contribution in [1.29, 1.82) is 5.26 Å². The Morgan fingerprint density at radius 1 is 1.21 bits per heavy atom. The third-order valence-corrected chi connectivity index (χ3v) is 5.72. The summed E-state index contributed by atoms with van der Waals surface area (Å²) in [6.07, 6.45) is 3.48. The van der Waals surface area contributed by atoms with Crippen LogP contribution in [-0.4, -0.2) is 52.5 Å². The van der Waals surface area contributed by atoms with Crippen molar-refractivity contribution >= 4 is 11.6 Å². The first-order valence-corrected chi connectivity index (χ1v) is 10.4. The van der Waals surface area contributed by atoms with Gasteiger partial charge in [0.25, 0.3) is 5.91 Å². The van der Waals surface area contributed by atoms with Crippen LogP contribution >= 0.6 is 0 Å². The molecule has 8 heteroatoms. The van der Waals surface area contributed by atoms with Gasteiger partial charge in [0.15, 0.2) is 11.8 Å². The zero-order chi connectivity index (χ0) is 23.1. The molecule has 0 fully saturated rings. The fourth-order valence-electron chi connectivity index (χ4n) is 4.11. The lowest BCUT2D eigenvalue weighted by molar-refractivity contribution is -0.135. The molecule has 8 nitrogen and oxygen atoms in total. The maximum Gasteiger partial charge on any atom is 0.302 e. The third-order valence-electron chi connectivity index (χ3n) is 5.72. The Bertz CT molecular complexity index is 1420. The second-order valence-electron chi connectivity index (χ2n) is 8.00. The van der Waals surface area contributed by atoms with Crippen molar-refractivity contribution in [3.63, 3.8) is 0 Å². The van der Waals surface area contributed by atoms with Gasteiger partial charge in [0.1, 0.15) is 5.75 Å². The minimum Gasteiger partial charge on any atom is -0.480 e. The van der Waals surface area contributed by atoms with Crippen LogP contribution in [0.4, 0.5) is 0 Å². The van der Waals surface area contributed by atoms with Gasteiger partial charge >= 0.3 is 6.01 Å². The van der Waals surface area contributed by atoms with Gasteiger partial charge in [0, 0.05) is 38.5 Å². The predicted octanol–water partition coefficient (Wildman–Crippen LogP) is 3.34. The zero-order valence-corrected chi connectivity index (χ0v) is 18.4. The van der Waals surface area contributed by atoms with Crippen molar-refractivity contribution in [2.24, 2.45) is 0 Å². The fourth-order valence-corrected chi connectivity index (χ4v) is 4.11. The molecule has 33 heavy (non-hydrogen) atoms. The summed E-state index contributed by atoms with van der Waals surface area (Å²) in [6, 6.07) is 15.7. The SMILES string of the molecule is COc1nc(-c2ccc(C#N)cc2)c(-c2ccc3c(c2)CC(C(=O)N(C)C)O3)c2nccn12. The van der Waals surface area contributed by atoms with Crippen molar-refractivity contribution in [3.8, 4) is 40.2 Å². The molecule has 0 N–H and O–H groups in total. The molecule has 3 heterocycles. The van der Waals surface area contributed by atoms with Crippen molar-refractivity contribution < 1.29 is 14.3 Å². The Morgan fingerprint density at radius 2 is 1.97 bits per heavy atom. The van der Waals surface area contributed by atoms with Gasteiger partial charge in [-0.1, -0.05) is 18.2 Å². The van der Waals surface area contributed by atoms with Crippen LogP contribution in [0, 0.1) is 11.3 Å². The minimum atomic E-state index is -0.524. The molecule has 1 aliphatic heterocycles. The lowest BCUT2D eigenvalue weighted by atomic mass is 9.97. The van der Waals surface area contributed by atoms with Crippen LogP contribution in [0.1, 0.15) is 11.1 Å². The Kier molecular flexibility index (Phi) is 4.94. The molecule has 0 aliphatic carbocycles. The molecule has 0 bridgehead atoms. The van der Waals surface area contributed by atoms with Gasteiger partial charge in [-0.15, -0.1) is 0 Å². The van der Waals surface area contributed by atoms with Crippen LogP contribution in [0.3, 0.4) is 0 Å². The molecule has 164 valence electrons. The first-order valence-electron chi connectivity index (χ1n) is 10.4. The van der Waals surface area contributed by atoms with E-state index in [9.17, 15) is 10.1 Å². The number of aromatic nitrogens is 3. The molecule has 1 atom stereocenters. The molecule has 5 rings (SSSR count). The second-order valence-corrected chi connectivity index (χ2v) is 8.00. The molecular formula is C25H21N5O3. The van der Waals surface area contributed by atoms with E-state index in [0.717, 1.165) is 22.3 Å². The van der Waals surface area contributed by atoms with Crippen molar-refractivity contribution in [2.45, 2.75) is 12.5 Å². The summed E-state index contributed by atoms with van der Waals surface area (Å²) < 4.78 is 13.2. The quantitative estimate of drug-likeness (QED) is 0.484. The van der Waals surface area contributed by atoms with E-state index in [0.29, 0.717) is 35.1 Å². The summed E-state index contributed by atoms with van der Waals surface area (Å²) in [7, 11) is 5.02. The number of nitriles is 1. The molecule has 2 aromatic heterocycles. The summed E-state index contributed by atoms with van der Waals surface area (Å²) in [5.41, 5.74) is 5.48. The summed E-state index contributed by atoms with van der Waals surface area (Å²) in [6.45, 7) is 0. The summed E-state index contributed by atoms with van der Waals surface area (Å²) in [5.74, 6) is 0.646. The van der Waals surface area contributed by atoms with Crippen molar-refractivity contribution in [2.75, 3.05) is 21.2 Å². The third kappa shape index (κ3) is 3.44. The van der Waals surface area contributed by atoms with Gasteiger partial charge in [0.2, 0.25) is 0 Å². The van der Waals surface area contributed by atoms with Gasteiger partial charge in [-0.25, -0.2) is 4.98 Å². The number of amides is 1. The van der Waals surface area contributed by atoms with Gasteiger partial charge < -0.3 is 14.4 Å². The van der Waals surface area contributed by atoms with E-state index in [4.69, 9.17) is 14.5 Å². The highest BCUT2D eigenvalue weighted by Gasteiger charge is 2.31. The van der Waals surface area contributed by atoms with E-state index >= 15 is 0 Å². The number of hydrogen-bond acceptors (Lipinski definition) is 6. The number of methoxy groups -OCH3 is 1. The van der Waals surface area contributed by atoms with Gasteiger partial charge in [-0.2, -0.15) is 10.2 Å². The Labute approximate surface area is 190 Å². The van der Waals surface area contributed by atoms with Crippen LogP contribution in [0.15, 0.2) is 54.9 Å². The van der Waals surface area contributed by atoms with Gasteiger partial charge in [0.05, 0.1) is 30.0 Å². The Hall–Kier alpha value is -4.38. The average Bonchev–Trinajstić information content (AvgIpc) is 3.49. The predicted molar refractivity (Wildman–Crippen MR) is 122 cm³/mol. The van der Waals surface area contributed by atoms with Crippen LogP contribution in [0.2, 0.25) is 0 Å². The van der Waals surface area contributed by atoms with Gasteiger partial charge in [-0.3, -0.25) is 9.20 Å². The maximum atomic E-state index is 12.4. The van der Waals surface area contributed by atoms with E-state index in [-0.39, 0.29) is 5.91 Å². The molecule has 0 saturated carbocycles. The number of nitrogens with zero attached hydrogens (tertiary/aromatic N) is 5. The van der Waals surface area contributed by atoms with E-state index < -0.39 is 6.10 Å². The topological polar surface area (TPSA) is 92.8 Å². The van der Waals surface area contributed by atoms with Crippen LogP contribution < -0.4 is 9.47 Å². The molecule has 2 aromatic carbocycles. The molecule has 0 spiro atoms. The second kappa shape index (κ2) is 7.95. The lowest BCUT2D eigenvalue weighted by Gasteiger charge is -2.15. The largest absolute Gasteiger partial charge is 0.480 e. The highest BCUT2D eigenvalue weighted by Crippen LogP contribution is 2.39. The monoisotopic (exact) mass is 439 g/mol. The number of rotatable bonds is 4. The standard InChI is InChI=1S/C25H21N5O3/c1-29(2)24(31)20-13-18-12-17(8-9-19(18)33-20)21-22(16-6-4-15(14-26)5-7-16)28-25(32-3)30-11-10-27-23(21)30/h4-12,20H,13H2,1-3H3. The summed E-state index contributed by atoms with van der Waals surface area (Å²) in [5, 5.41) is 9.17. The zero-order valence-electron chi connectivity index (χ0n) is 18.4. The summed E-state index contributed by atoms with van der Waals surface area (Å²) in [4.78, 5) is 23.3. The number of carbonyl (C=O) groups is 1. The molecule has 1 aliphatic rings. The lowest BCUT2D eigenvalue weighted by Crippen LogP contribution is -2.36. The van der Waals surface area contributed by atoms with Crippen LogP contribution in [0.25, 0.3) is 28.0 Å². The van der Waals surface area contributed by atoms with E-state index in [1.54, 1.807) is 55.0 Å². The molecule has 4 aromatic rings. The van der Waals surface area contributed by atoms with Crippen molar-refractivity contribution in [1.82, 2.24) is 19.3 Å². The molecular weight excluding hydrogens is 418 g/mol. The van der Waals surface area contributed by atoms with E-state index in [1.165, 1.54) is 0 Å². The number of imidazole rings is 1. The smallest absolute Gasteiger partial charge is 0.302 e. The van der Waals surface area contributed by atoms with E-state index in [1.807, 2.05) is 30.3 Å². The minimum absolute atomic E-state index is 0.0622. The fraction of sp³-hybridized carbons (Fsp3) is 0.200. The number of likely N-dealkylation sites (N-methyl/N-ethyl adjacent to an activating group) is 1. The van der Waals surface area contributed by atoms with Gasteiger partial charge in [-0.05, 0) is 35.4 Å². The molecule has 0 radical (unpaired) electrons. The van der Waals surface area contributed by atoms with Crippen LogP contribution in [0.5, 0.6) is 11.8 Å². The average molecular weight is 439 g/mol. The van der Waals surface area contributed by atoms with Crippen LogP contribution in [-0.2, 0) is 11.2 Å². The number of carbonyl (C=O) groups excluding carboxylic acids is 1. The van der Waals surface area contributed by atoms with Crippen molar-refractivity contribution in [3.05, 3.63) is 66.0 Å². The first-order chi connectivity index (χ1) is 16.0. The number of fused-ring (bicyclic) bond motifs is 2. The highest BCUT2D eigenvalue weighted by atomic mass is 16.5. The molecule has 0 saturated heterocycles. The number of ether oxygens (including phenoxy) is 2. The number of hydrogen-bond donors (Lipinski definition) is 0. The number of benzene rings is 2. The highest BCUT2D eigenvalue weighted by molar-refractivity contribution is 5.91.